The van der Waals surface area contributed by atoms with Crippen LogP contribution >= 0.6 is 0 Å². The Kier molecular flexibility index (Phi) is 7.56. The van der Waals surface area contributed by atoms with Gasteiger partial charge in [0.1, 0.15) is 18.0 Å². The number of rotatable bonds is 9. The van der Waals surface area contributed by atoms with Crippen LogP contribution in [0.2, 0.25) is 0 Å². The van der Waals surface area contributed by atoms with E-state index in [0.29, 0.717) is 24.2 Å². The fourth-order valence-corrected chi connectivity index (χ4v) is 3.20. The van der Waals surface area contributed by atoms with Crippen molar-refractivity contribution >= 4 is 11.8 Å². The third-order valence-electron chi connectivity index (χ3n) is 4.61. The van der Waals surface area contributed by atoms with Crippen LogP contribution in [0, 0.1) is 5.92 Å². The molecule has 144 valence electrons. The topological polar surface area (TPSA) is 102 Å². The summed E-state index contributed by atoms with van der Waals surface area (Å²) in [5, 5.41) is 19.7. The normalized spacial score (nSPS) is 22.7. The van der Waals surface area contributed by atoms with Gasteiger partial charge in [-0.25, -0.2) is 0 Å². The van der Waals surface area contributed by atoms with Crippen molar-refractivity contribution in [2.45, 2.75) is 31.3 Å². The standard InChI is InChI=1S/C19H26O7/c1-24-15-7-5-14(6-8-15)17(21)19(23)9-3-2-4-16(19)18(22)26-13-12-25-11-10-20/h5-8,16,20,23H,2-4,9-13H2,1H3. The van der Waals surface area contributed by atoms with Gasteiger partial charge in [-0.3, -0.25) is 9.59 Å². The number of Topliss-reactive ketones (excluding diaryl/α,β-unsaturated/α-hetero) is 1. The third kappa shape index (κ3) is 4.81. The average molecular weight is 366 g/mol. The van der Waals surface area contributed by atoms with E-state index in [9.17, 15) is 14.7 Å². The van der Waals surface area contributed by atoms with Gasteiger partial charge in [0.15, 0.2) is 5.78 Å². The first-order valence-corrected chi connectivity index (χ1v) is 8.79. The molecular weight excluding hydrogens is 340 g/mol. The summed E-state index contributed by atoms with van der Waals surface area (Å²) in [6.07, 6.45) is 2.04. The molecule has 7 heteroatoms. The lowest BCUT2D eigenvalue weighted by atomic mass is 9.71. The Labute approximate surface area is 152 Å². The van der Waals surface area contributed by atoms with Crippen LogP contribution in [0.1, 0.15) is 36.0 Å². The Morgan fingerprint density at radius 2 is 1.88 bits per heavy atom. The van der Waals surface area contributed by atoms with Gasteiger partial charge in [0.25, 0.3) is 0 Å². The lowest BCUT2D eigenvalue weighted by molar-refractivity contribution is -0.160. The highest BCUT2D eigenvalue weighted by Crippen LogP contribution is 2.37. The van der Waals surface area contributed by atoms with Crippen molar-refractivity contribution in [3.63, 3.8) is 0 Å². The Bertz CT molecular complexity index is 598. The molecule has 0 radical (unpaired) electrons. The van der Waals surface area contributed by atoms with Crippen molar-refractivity contribution in [2.24, 2.45) is 5.92 Å². The van der Waals surface area contributed by atoms with Crippen LogP contribution in [0.3, 0.4) is 0 Å². The van der Waals surface area contributed by atoms with E-state index in [1.807, 2.05) is 0 Å². The van der Waals surface area contributed by atoms with E-state index in [0.717, 1.165) is 6.42 Å². The van der Waals surface area contributed by atoms with E-state index in [1.54, 1.807) is 24.3 Å². The van der Waals surface area contributed by atoms with E-state index in [4.69, 9.17) is 19.3 Å². The molecule has 0 aromatic heterocycles. The summed E-state index contributed by atoms with van der Waals surface area (Å²) in [5.74, 6) is -1.36. The number of methoxy groups -OCH3 is 1. The number of hydrogen-bond acceptors (Lipinski definition) is 7. The van der Waals surface area contributed by atoms with Gasteiger partial charge in [0, 0.05) is 5.56 Å². The number of esters is 1. The Hall–Kier alpha value is -1.96. The van der Waals surface area contributed by atoms with Gasteiger partial charge in [-0.15, -0.1) is 0 Å². The van der Waals surface area contributed by atoms with Gasteiger partial charge >= 0.3 is 5.97 Å². The van der Waals surface area contributed by atoms with Gasteiger partial charge < -0.3 is 24.4 Å². The number of aliphatic hydroxyl groups is 2. The van der Waals surface area contributed by atoms with Crippen LogP contribution in [0.4, 0.5) is 0 Å². The summed E-state index contributed by atoms with van der Waals surface area (Å²) in [7, 11) is 1.53. The van der Waals surface area contributed by atoms with Crippen molar-refractivity contribution in [3.8, 4) is 5.75 Å². The van der Waals surface area contributed by atoms with Crippen LogP contribution < -0.4 is 4.74 Å². The predicted octanol–water partition coefficient (Wildman–Crippen LogP) is 1.35. The number of ketones is 1. The second kappa shape index (κ2) is 9.66. The maximum absolute atomic E-state index is 12.9. The van der Waals surface area contributed by atoms with Gasteiger partial charge in [0.05, 0.1) is 32.8 Å². The number of aliphatic hydroxyl groups excluding tert-OH is 1. The molecule has 26 heavy (non-hydrogen) atoms. The highest BCUT2D eigenvalue weighted by molar-refractivity contribution is 6.05. The van der Waals surface area contributed by atoms with E-state index >= 15 is 0 Å². The second-order valence-corrected chi connectivity index (χ2v) is 6.28. The molecule has 7 nitrogen and oxygen atoms in total. The largest absolute Gasteiger partial charge is 0.497 e. The zero-order valence-electron chi connectivity index (χ0n) is 15.0. The summed E-state index contributed by atoms with van der Waals surface area (Å²) in [4.78, 5) is 25.3. The Morgan fingerprint density at radius 1 is 1.15 bits per heavy atom. The van der Waals surface area contributed by atoms with Crippen LogP contribution in [-0.2, 0) is 14.3 Å². The molecule has 0 aliphatic heterocycles. The van der Waals surface area contributed by atoms with Gasteiger partial charge in [-0.1, -0.05) is 12.8 Å². The summed E-state index contributed by atoms with van der Waals surface area (Å²) in [6.45, 7) is 0.236. The molecule has 1 fully saturated rings. The van der Waals surface area contributed by atoms with Gasteiger partial charge in [-0.2, -0.15) is 0 Å². The van der Waals surface area contributed by atoms with Crippen LogP contribution in [0.15, 0.2) is 24.3 Å². The molecule has 2 atom stereocenters. The number of hydrogen-bond donors (Lipinski definition) is 2. The van der Waals surface area contributed by atoms with Crippen molar-refractivity contribution in [1.82, 2.24) is 0 Å². The molecule has 1 aliphatic rings. The molecule has 2 rings (SSSR count). The summed E-state index contributed by atoms with van der Waals surface area (Å²) in [6, 6.07) is 6.45. The minimum Gasteiger partial charge on any atom is -0.497 e. The average Bonchev–Trinajstić information content (AvgIpc) is 2.67. The SMILES string of the molecule is COc1ccc(C(=O)C2(O)CCCCC2C(=O)OCCOCCO)cc1. The fourth-order valence-electron chi connectivity index (χ4n) is 3.20. The predicted molar refractivity (Wildman–Crippen MR) is 93.1 cm³/mol. The molecule has 1 aliphatic carbocycles. The van der Waals surface area contributed by atoms with E-state index in [-0.39, 0.29) is 32.8 Å². The first-order valence-electron chi connectivity index (χ1n) is 8.79. The van der Waals surface area contributed by atoms with Gasteiger partial charge in [-0.05, 0) is 37.1 Å². The van der Waals surface area contributed by atoms with Crippen molar-refractivity contribution in [2.75, 3.05) is 33.5 Å². The summed E-state index contributed by atoms with van der Waals surface area (Å²) in [5.41, 5.74) is -1.44. The minimum absolute atomic E-state index is 0.0160. The summed E-state index contributed by atoms with van der Waals surface area (Å²) >= 11 is 0. The minimum atomic E-state index is -1.77. The molecule has 1 saturated carbocycles. The van der Waals surface area contributed by atoms with Crippen LogP contribution in [0.25, 0.3) is 0 Å². The molecule has 1 aromatic rings. The molecular formula is C19H26O7. The fraction of sp³-hybridized carbons (Fsp3) is 0.579. The maximum atomic E-state index is 12.9. The zero-order valence-corrected chi connectivity index (χ0v) is 15.0. The summed E-state index contributed by atoms with van der Waals surface area (Å²) < 4.78 is 15.3. The molecule has 2 unspecified atom stereocenters. The highest BCUT2D eigenvalue weighted by Gasteiger charge is 2.49. The number of benzene rings is 1. The van der Waals surface area contributed by atoms with Crippen molar-refractivity contribution in [3.05, 3.63) is 29.8 Å². The first-order chi connectivity index (χ1) is 12.5. The lowest BCUT2D eigenvalue weighted by Crippen LogP contribution is -2.51. The smallest absolute Gasteiger partial charge is 0.312 e. The zero-order chi connectivity index (χ0) is 19.0. The van der Waals surface area contributed by atoms with Crippen LogP contribution in [-0.4, -0.2) is 61.1 Å². The van der Waals surface area contributed by atoms with E-state index in [2.05, 4.69) is 0 Å². The molecule has 0 spiro atoms. The first kappa shape index (κ1) is 20.4. The molecule has 0 bridgehead atoms. The molecule has 2 N–H and O–H groups in total. The second-order valence-electron chi connectivity index (χ2n) is 6.28. The highest BCUT2D eigenvalue weighted by atomic mass is 16.6. The van der Waals surface area contributed by atoms with E-state index in [1.165, 1.54) is 7.11 Å². The molecule has 0 saturated heterocycles. The van der Waals surface area contributed by atoms with E-state index < -0.39 is 23.3 Å². The number of carbonyl (C=O) groups is 2. The van der Waals surface area contributed by atoms with Crippen molar-refractivity contribution in [1.29, 1.82) is 0 Å². The molecule has 0 heterocycles. The monoisotopic (exact) mass is 366 g/mol. The maximum Gasteiger partial charge on any atom is 0.312 e. The third-order valence-corrected chi connectivity index (χ3v) is 4.61. The van der Waals surface area contributed by atoms with Gasteiger partial charge in [0.2, 0.25) is 0 Å². The molecule has 0 amide bonds. The number of carbonyl (C=O) groups excluding carboxylic acids is 2. The molecule has 1 aromatic carbocycles. The lowest BCUT2D eigenvalue weighted by Gasteiger charge is -2.37. The van der Waals surface area contributed by atoms with Crippen LogP contribution in [0.5, 0.6) is 5.75 Å². The van der Waals surface area contributed by atoms with Crippen molar-refractivity contribution < 1.29 is 34.0 Å². The Balaban J connectivity index is 2.06. The number of ether oxygens (including phenoxy) is 3. The Morgan fingerprint density at radius 3 is 2.54 bits per heavy atom. The quantitative estimate of drug-likeness (QED) is 0.386.